The zero-order valence-corrected chi connectivity index (χ0v) is 9.35. The van der Waals surface area contributed by atoms with E-state index in [-0.39, 0.29) is 17.1 Å². The van der Waals surface area contributed by atoms with Crippen LogP contribution in [0.1, 0.15) is 16.1 Å². The highest BCUT2D eigenvalue weighted by atomic mass is 19.1. The summed E-state index contributed by atoms with van der Waals surface area (Å²) in [6, 6.07) is 3.91. The van der Waals surface area contributed by atoms with E-state index in [1.807, 2.05) is 0 Å². The van der Waals surface area contributed by atoms with E-state index in [1.54, 1.807) is 0 Å². The lowest BCUT2D eigenvalue weighted by Crippen LogP contribution is -2.08. The number of aromatic nitrogens is 2. The van der Waals surface area contributed by atoms with Crippen LogP contribution in [0.4, 0.5) is 8.78 Å². The fourth-order valence-electron chi connectivity index (χ4n) is 1.38. The smallest absolute Gasteiger partial charge is 0.216 e. The van der Waals surface area contributed by atoms with Gasteiger partial charge in [0.1, 0.15) is 23.7 Å². The van der Waals surface area contributed by atoms with Gasteiger partial charge in [0, 0.05) is 6.07 Å². The Morgan fingerprint density at radius 1 is 1.22 bits per heavy atom. The Balaban J connectivity index is 2.44. The second-order valence-corrected chi connectivity index (χ2v) is 3.40. The largest absolute Gasteiger partial charge is 0.481 e. The second-order valence-electron chi connectivity index (χ2n) is 3.40. The van der Waals surface area contributed by atoms with Crippen LogP contribution in [0.2, 0.25) is 0 Å². The Morgan fingerprint density at radius 2 is 2.00 bits per heavy atom. The van der Waals surface area contributed by atoms with Gasteiger partial charge < -0.3 is 4.74 Å². The van der Waals surface area contributed by atoms with Gasteiger partial charge in [0.15, 0.2) is 0 Å². The molecule has 0 saturated heterocycles. The molecule has 0 spiro atoms. The van der Waals surface area contributed by atoms with Crippen molar-refractivity contribution in [1.29, 1.82) is 0 Å². The molecule has 1 aromatic heterocycles. The molecular weight excluding hydrogens is 242 g/mol. The fourth-order valence-corrected chi connectivity index (χ4v) is 1.38. The maximum atomic E-state index is 13.4. The molecule has 0 aliphatic carbocycles. The predicted octanol–water partition coefficient (Wildman–Crippen LogP) is 1.99. The number of nitrogens with zero attached hydrogens (tertiary/aromatic N) is 2. The third kappa shape index (κ3) is 2.32. The number of benzene rings is 1. The molecule has 92 valence electrons. The summed E-state index contributed by atoms with van der Waals surface area (Å²) in [7, 11) is 1.37. The summed E-state index contributed by atoms with van der Waals surface area (Å²) in [6.07, 6.45) is 1.11. The third-order valence-electron chi connectivity index (χ3n) is 2.26. The van der Waals surface area contributed by atoms with Gasteiger partial charge in [-0.05, 0) is 18.2 Å². The van der Waals surface area contributed by atoms with Crippen molar-refractivity contribution in [2.24, 2.45) is 0 Å². The van der Waals surface area contributed by atoms with Crippen LogP contribution in [0, 0.1) is 11.6 Å². The van der Waals surface area contributed by atoms with Crippen LogP contribution in [0.5, 0.6) is 5.88 Å². The summed E-state index contributed by atoms with van der Waals surface area (Å²) in [6.45, 7) is 0. The minimum Gasteiger partial charge on any atom is -0.481 e. The summed E-state index contributed by atoms with van der Waals surface area (Å²) in [5, 5.41) is 0. The van der Waals surface area contributed by atoms with Crippen LogP contribution in [0.15, 0.2) is 30.6 Å². The Morgan fingerprint density at radius 3 is 2.72 bits per heavy atom. The van der Waals surface area contributed by atoms with E-state index >= 15 is 0 Å². The lowest BCUT2D eigenvalue weighted by atomic mass is 10.1. The SMILES string of the molecule is COc1cc(C(=O)c2cc(F)ccc2F)ncn1. The van der Waals surface area contributed by atoms with Crippen molar-refractivity contribution < 1.29 is 18.3 Å². The van der Waals surface area contributed by atoms with Gasteiger partial charge in [0.05, 0.1) is 12.7 Å². The van der Waals surface area contributed by atoms with E-state index in [0.29, 0.717) is 0 Å². The van der Waals surface area contributed by atoms with Crippen molar-refractivity contribution in [3.05, 3.63) is 53.5 Å². The van der Waals surface area contributed by atoms with Gasteiger partial charge in [-0.15, -0.1) is 0 Å². The molecule has 1 heterocycles. The summed E-state index contributed by atoms with van der Waals surface area (Å²) < 4.78 is 31.2. The summed E-state index contributed by atoms with van der Waals surface area (Å²) in [4.78, 5) is 19.4. The molecule has 6 heteroatoms. The van der Waals surface area contributed by atoms with E-state index in [0.717, 1.165) is 24.5 Å². The Labute approximate surface area is 101 Å². The number of rotatable bonds is 3. The highest BCUT2D eigenvalue weighted by Crippen LogP contribution is 2.15. The standard InChI is InChI=1S/C12H8F2N2O2/c1-18-11-5-10(15-6-16-11)12(17)8-4-7(13)2-3-9(8)14/h2-6H,1H3. The van der Waals surface area contributed by atoms with Crippen molar-refractivity contribution in [1.82, 2.24) is 9.97 Å². The first-order valence-corrected chi connectivity index (χ1v) is 4.97. The van der Waals surface area contributed by atoms with Crippen molar-refractivity contribution in [3.63, 3.8) is 0 Å². The lowest BCUT2D eigenvalue weighted by Gasteiger charge is -2.03. The molecule has 0 aliphatic rings. The van der Waals surface area contributed by atoms with E-state index in [1.165, 1.54) is 13.2 Å². The molecule has 0 amide bonds. The molecule has 0 aliphatic heterocycles. The van der Waals surface area contributed by atoms with Crippen molar-refractivity contribution in [2.45, 2.75) is 0 Å². The van der Waals surface area contributed by atoms with Crippen LogP contribution >= 0.6 is 0 Å². The van der Waals surface area contributed by atoms with Crippen molar-refractivity contribution in [3.8, 4) is 5.88 Å². The highest BCUT2D eigenvalue weighted by molar-refractivity contribution is 6.07. The Hall–Kier alpha value is -2.37. The number of ketones is 1. The van der Waals surface area contributed by atoms with E-state index in [9.17, 15) is 13.6 Å². The summed E-state index contributed by atoms with van der Waals surface area (Å²) in [5.74, 6) is -2.06. The summed E-state index contributed by atoms with van der Waals surface area (Å²) >= 11 is 0. The van der Waals surface area contributed by atoms with E-state index in [2.05, 4.69) is 9.97 Å². The average molecular weight is 250 g/mol. The lowest BCUT2D eigenvalue weighted by molar-refractivity contribution is 0.102. The molecular formula is C12H8F2N2O2. The minimum atomic E-state index is -0.807. The van der Waals surface area contributed by atoms with Crippen LogP contribution in [-0.4, -0.2) is 22.9 Å². The molecule has 0 N–H and O–H groups in total. The summed E-state index contributed by atoms with van der Waals surface area (Å²) in [5.41, 5.74) is -0.442. The molecule has 2 aromatic rings. The molecule has 1 aromatic carbocycles. The first-order chi connectivity index (χ1) is 8.61. The van der Waals surface area contributed by atoms with Crippen LogP contribution in [0.25, 0.3) is 0 Å². The highest BCUT2D eigenvalue weighted by Gasteiger charge is 2.17. The number of ether oxygens (including phenoxy) is 1. The molecule has 0 radical (unpaired) electrons. The molecule has 18 heavy (non-hydrogen) atoms. The molecule has 2 rings (SSSR count). The molecule has 0 atom stereocenters. The van der Waals surface area contributed by atoms with Crippen LogP contribution in [0.3, 0.4) is 0 Å². The normalized spacial score (nSPS) is 10.2. The van der Waals surface area contributed by atoms with Crippen LogP contribution in [-0.2, 0) is 0 Å². The Kier molecular flexibility index (Phi) is 3.27. The number of carbonyl (C=O) groups is 1. The maximum Gasteiger partial charge on any atom is 0.216 e. The predicted molar refractivity (Wildman–Crippen MR) is 58.4 cm³/mol. The molecule has 4 nitrogen and oxygen atoms in total. The minimum absolute atomic E-state index is 0.0636. The third-order valence-corrected chi connectivity index (χ3v) is 2.26. The molecule has 0 fully saturated rings. The van der Waals surface area contributed by atoms with Gasteiger partial charge >= 0.3 is 0 Å². The number of halogens is 2. The Bertz CT molecular complexity index is 602. The molecule has 0 saturated carbocycles. The first-order valence-electron chi connectivity index (χ1n) is 4.97. The topological polar surface area (TPSA) is 52.1 Å². The van der Waals surface area contributed by atoms with E-state index in [4.69, 9.17) is 4.74 Å². The second kappa shape index (κ2) is 4.87. The quantitative estimate of drug-likeness (QED) is 0.782. The maximum absolute atomic E-state index is 13.4. The molecule has 0 unspecified atom stereocenters. The van der Waals surface area contributed by atoms with Gasteiger partial charge in [-0.3, -0.25) is 4.79 Å². The fraction of sp³-hybridized carbons (Fsp3) is 0.0833. The molecule has 0 bridgehead atoms. The monoisotopic (exact) mass is 250 g/mol. The van der Waals surface area contributed by atoms with Gasteiger partial charge in [-0.1, -0.05) is 0 Å². The zero-order chi connectivity index (χ0) is 13.1. The van der Waals surface area contributed by atoms with Crippen molar-refractivity contribution >= 4 is 5.78 Å². The van der Waals surface area contributed by atoms with E-state index < -0.39 is 17.4 Å². The number of hydrogen-bond donors (Lipinski definition) is 0. The van der Waals surface area contributed by atoms with Crippen molar-refractivity contribution in [2.75, 3.05) is 7.11 Å². The van der Waals surface area contributed by atoms with Gasteiger partial charge in [-0.2, -0.15) is 0 Å². The van der Waals surface area contributed by atoms with Gasteiger partial charge in [0.2, 0.25) is 11.7 Å². The van der Waals surface area contributed by atoms with Crippen LogP contribution < -0.4 is 4.74 Å². The zero-order valence-electron chi connectivity index (χ0n) is 9.35. The average Bonchev–Trinajstić information content (AvgIpc) is 2.41. The number of hydrogen-bond acceptors (Lipinski definition) is 4. The van der Waals surface area contributed by atoms with Gasteiger partial charge in [0.25, 0.3) is 0 Å². The number of carbonyl (C=O) groups excluding carboxylic acids is 1. The van der Waals surface area contributed by atoms with Gasteiger partial charge in [-0.25, -0.2) is 18.7 Å². The first kappa shape index (κ1) is 12.1. The number of methoxy groups -OCH3 is 1.